The van der Waals surface area contributed by atoms with E-state index in [0.717, 1.165) is 31.7 Å². The van der Waals surface area contributed by atoms with Crippen molar-refractivity contribution < 1.29 is 14.3 Å². The molecule has 3 heterocycles. The Morgan fingerprint density at radius 2 is 1.97 bits per heavy atom. The van der Waals surface area contributed by atoms with Crippen molar-refractivity contribution in [1.29, 1.82) is 0 Å². The van der Waals surface area contributed by atoms with Crippen molar-refractivity contribution >= 4 is 17.7 Å². The van der Waals surface area contributed by atoms with Gasteiger partial charge in [0.05, 0.1) is 5.25 Å². The number of allylic oxidation sites excluding steroid dienone is 1. The van der Waals surface area contributed by atoms with Crippen LogP contribution in [0.15, 0.2) is 42.1 Å². The van der Waals surface area contributed by atoms with E-state index in [-0.39, 0.29) is 17.3 Å². The van der Waals surface area contributed by atoms with Crippen molar-refractivity contribution in [2.24, 2.45) is 0 Å². The van der Waals surface area contributed by atoms with Gasteiger partial charge in [0.2, 0.25) is 5.91 Å². The number of rotatable bonds is 6. The van der Waals surface area contributed by atoms with Gasteiger partial charge in [0.25, 0.3) is 0 Å². The highest BCUT2D eigenvalue weighted by atomic mass is 32.2. The van der Waals surface area contributed by atoms with Crippen LogP contribution in [0.2, 0.25) is 0 Å². The fourth-order valence-corrected chi connectivity index (χ4v) is 4.78. The van der Waals surface area contributed by atoms with Crippen LogP contribution in [0.3, 0.4) is 0 Å². The molecule has 1 fully saturated rings. The number of hydrogen-bond donors (Lipinski definition) is 0. The van der Waals surface area contributed by atoms with Gasteiger partial charge in [-0.1, -0.05) is 42.8 Å². The van der Waals surface area contributed by atoms with Crippen molar-refractivity contribution in [3.8, 4) is 11.5 Å². The molecule has 0 radical (unpaired) electrons. The van der Waals surface area contributed by atoms with E-state index in [2.05, 4.69) is 16.8 Å². The molecule has 1 aromatic heterocycles. The zero-order valence-electron chi connectivity index (χ0n) is 17.3. The molecule has 0 spiro atoms. The van der Waals surface area contributed by atoms with Gasteiger partial charge in [-0.05, 0) is 31.9 Å². The molecule has 7 nitrogen and oxygen atoms in total. The molecule has 4 rings (SSSR count). The van der Waals surface area contributed by atoms with Gasteiger partial charge in [0, 0.05) is 19.6 Å². The molecule has 2 atom stereocenters. The largest absolute Gasteiger partial charge is 0.485 e. The molecule has 1 amide bonds. The number of carbonyl (C=O) groups excluding carboxylic acids is 1. The molecule has 2 unspecified atom stereocenters. The van der Waals surface area contributed by atoms with E-state index in [1.165, 1.54) is 24.6 Å². The molecule has 1 saturated heterocycles. The van der Waals surface area contributed by atoms with E-state index in [4.69, 9.17) is 9.47 Å². The molecule has 0 saturated carbocycles. The van der Waals surface area contributed by atoms with E-state index >= 15 is 0 Å². The number of likely N-dealkylation sites (tertiary alicyclic amines) is 1. The number of hydrogen-bond acceptors (Lipinski definition) is 6. The molecule has 0 bridgehead atoms. The predicted molar refractivity (Wildman–Crippen MR) is 116 cm³/mol. The molecule has 0 aliphatic carbocycles. The van der Waals surface area contributed by atoms with Crippen molar-refractivity contribution in [2.75, 3.05) is 19.7 Å². The highest BCUT2D eigenvalue weighted by molar-refractivity contribution is 8.00. The summed E-state index contributed by atoms with van der Waals surface area (Å²) in [4.78, 5) is 14.9. The monoisotopic (exact) mass is 428 g/mol. The number of ether oxygens (including phenoxy) is 2. The van der Waals surface area contributed by atoms with E-state index in [1.54, 1.807) is 6.08 Å². The first kappa shape index (κ1) is 20.8. The van der Waals surface area contributed by atoms with Crippen LogP contribution in [-0.2, 0) is 11.3 Å². The fourth-order valence-electron chi connectivity index (χ4n) is 3.83. The lowest BCUT2D eigenvalue weighted by Gasteiger charge is -2.26. The van der Waals surface area contributed by atoms with Crippen molar-refractivity contribution in [2.45, 2.75) is 55.7 Å². The quantitative estimate of drug-likeness (QED) is 0.514. The van der Waals surface area contributed by atoms with Gasteiger partial charge in [0.1, 0.15) is 6.61 Å². The Bertz CT molecular complexity index is 892. The Hall–Kier alpha value is -2.48. The van der Waals surface area contributed by atoms with Gasteiger partial charge in [-0.2, -0.15) is 0 Å². The third-order valence-electron chi connectivity index (χ3n) is 5.40. The van der Waals surface area contributed by atoms with Crippen LogP contribution >= 0.6 is 11.8 Å². The number of fused-ring (bicyclic) bond motifs is 1. The fraction of sp³-hybridized carbons (Fsp3) is 0.500. The Morgan fingerprint density at radius 1 is 1.23 bits per heavy atom. The first-order valence-corrected chi connectivity index (χ1v) is 11.4. The maximum Gasteiger partial charge on any atom is 0.235 e. The van der Waals surface area contributed by atoms with E-state index in [0.29, 0.717) is 29.9 Å². The second-order valence-corrected chi connectivity index (χ2v) is 8.91. The minimum Gasteiger partial charge on any atom is -0.485 e. The lowest BCUT2D eigenvalue weighted by molar-refractivity contribution is -0.130. The Morgan fingerprint density at radius 3 is 2.70 bits per heavy atom. The summed E-state index contributed by atoms with van der Waals surface area (Å²) in [7, 11) is 0. The SMILES string of the molecule is C=CCn1c(SC(C)C(=O)N2CCCCCC2)nnc1C1COc2ccccc2O1. The van der Waals surface area contributed by atoms with Crippen molar-refractivity contribution in [3.63, 3.8) is 0 Å². The predicted octanol–water partition coefficient (Wildman–Crippen LogP) is 3.86. The third-order valence-corrected chi connectivity index (χ3v) is 6.47. The molecular formula is C22H28N4O3S. The van der Waals surface area contributed by atoms with E-state index < -0.39 is 0 Å². The van der Waals surface area contributed by atoms with Crippen LogP contribution in [0.25, 0.3) is 0 Å². The number of nitrogens with zero attached hydrogens (tertiary/aromatic N) is 4. The number of aromatic nitrogens is 3. The summed E-state index contributed by atoms with van der Waals surface area (Å²) in [5.74, 6) is 2.28. The summed E-state index contributed by atoms with van der Waals surface area (Å²) < 4.78 is 13.9. The summed E-state index contributed by atoms with van der Waals surface area (Å²) in [6.07, 6.45) is 6.01. The van der Waals surface area contributed by atoms with Gasteiger partial charge in [-0.3, -0.25) is 9.36 Å². The van der Waals surface area contributed by atoms with Crippen molar-refractivity contribution in [3.05, 3.63) is 42.7 Å². The standard InChI is InChI=1S/C22H28N4O3S/c1-3-12-26-20(19-15-28-17-10-6-7-11-18(17)29-19)23-24-22(26)30-16(2)21(27)25-13-8-4-5-9-14-25/h3,6-7,10-11,16,19H,1,4-5,8-9,12-15H2,2H3. The van der Waals surface area contributed by atoms with Crippen LogP contribution < -0.4 is 9.47 Å². The van der Waals surface area contributed by atoms with E-state index in [1.807, 2.05) is 40.7 Å². The smallest absolute Gasteiger partial charge is 0.235 e. The average molecular weight is 429 g/mol. The second kappa shape index (κ2) is 9.55. The number of para-hydroxylation sites is 2. The van der Waals surface area contributed by atoms with Crippen LogP contribution in [0.5, 0.6) is 11.5 Å². The van der Waals surface area contributed by atoms with Gasteiger partial charge in [0.15, 0.2) is 28.6 Å². The molecule has 8 heteroatoms. The van der Waals surface area contributed by atoms with Gasteiger partial charge in [-0.25, -0.2) is 0 Å². The third kappa shape index (κ3) is 4.48. The Labute approximate surface area is 181 Å². The average Bonchev–Trinajstić information content (AvgIpc) is 2.98. The number of carbonyl (C=O) groups is 1. The summed E-state index contributed by atoms with van der Waals surface area (Å²) in [5, 5.41) is 9.23. The highest BCUT2D eigenvalue weighted by Gasteiger charge is 2.30. The lowest BCUT2D eigenvalue weighted by Crippen LogP contribution is -2.37. The van der Waals surface area contributed by atoms with Gasteiger partial charge < -0.3 is 14.4 Å². The highest BCUT2D eigenvalue weighted by Crippen LogP contribution is 2.36. The molecule has 2 aliphatic rings. The molecule has 160 valence electrons. The molecule has 2 aromatic rings. The zero-order chi connectivity index (χ0) is 20.9. The molecule has 30 heavy (non-hydrogen) atoms. The maximum absolute atomic E-state index is 13.0. The summed E-state index contributed by atoms with van der Waals surface area (Å²) in [5.41, 5.74) is 0. The normalized spacial score (nSPS) is 19.8. The van der Waals surface area contributed by atoms with Crippen molar-refractivity contribution in [1.82, 2.24) is 19.7 Å². The number of benzene rings is 1. The minimum atomic E-state index is -0.363. The zero-order valence-corrected chi connectivity index (χ0v) is 18.1. The molecule has 2 aliphatic heterocycles. The van der Waals surface area contributed by atoms with Crippen LogP contribution in [-0.4, -0.2) is 50.5 Å². The molecule has 0 N–H and O–H groups in total. The molecule has 1 aromatic carbocycles. The summed E-state index contributed by atoms with van der Waals surface area (Å²) in [6, 6.07) is 7.60. The van der Waals surface area contributed by atoms with Gasteiger partial charge in [-0.15, -0.1) is 16.8 Å². The lowest BCUT2D eigenvalue weighted by atomic mass is 10.2. The van der Waals surface area contributed by atoms with E-state index in [9.17, 15) is 4.79 Å². The summed E-state index contributed by atoms with van der Waals surface area (Å²) >= 11 is 1.44. The van der Waals surface area contributed by atoms with Crippen LogP contribution in [0.4, 0.5) is 0 Å². The van der Waals surface area contributed by atoms with Crippen LogP contribution in [0, 0.1) is 0 Å². The Balaban J connectivity index is 1.50. The number of amides is 1. The second-order valence-electron chi connectivity index (χ2n) is 7.60. The topological polar surface area (TPSA) is 69.5 Å². The first-order chi connectivity index (χ1) is 14.7. The minimum absolute atomic E-state index is 0.169. The Kier molecular flexibility index (Phi) is 6.62. The molecular weight excluding hydrogens is 400 g/mol. The van der Waals surface area contributed by atoms with Gasteiger partial charge >= 0.3 is 0 Å². The van der Waals surface area contributed by atoms with Crippen LogP contribution in [0.1, 0.15) is 44.5 Å². The summed E-state index contributed by atoms with van der Waals surface area (Å²) in [6.45, 7) is 8.40. The maximum atomic E-state index is 13.0. The number of thioether (sulfide) groups is 1. The first-order valence-electron chi connectivity index (χ1n) is 10.6.